The highest BCUT2D eigenvalue weighted by Gasteiger charge is 2.24. The summed E-state index contributed by atoms with van der Waals surface area (Å²) in [4.78, 5) is 23.4. The monoisotopic (exact) mass is 295 g/mol. The first-order valence-electron chi connectivity index (χ1n) is 6.67. The Morgan fingerprint density at radius 1 is 1.30 bits per heavy atom. The van der Waals surface area contributed by atoms with Gasteiger partial charge in [0.25, 0.3) is 0 Å². The van der Waals surface area contributed by atoms with Gasteiger partial charge in [0.05, 0.1) is 5.92 Å². The van der Waals surface area contributed by atoms with E-state index in [1.807, 2.05) is 43.5 Å². The zero-order valence-corrected chi connectivity index (χ0v) is 12.7. The maximum Gasteiger partial charge on any atom is 0.326 e. The highest BCUT2D eigenvalue weighted by Crippen LogP contribution is 2.19. The lowest BCUT2D eigenvalue weighted by Gasteiger charge is -2.19. The Bertz CT molecular complexity index is 436. The highest BCUT2D eigenvalue weighted by atomic mass is 32.2. The van der Waals surface area contributed by atoms with Gasteiger partial charge in [-0.05, 0) is 30.4 Å². The van der Waals surface area contributed by atoms with Gasteiger partial charge in [-0.1, -0.05) is 37.3 Å². The normalized spacial score (nSPS) is 13.5. The quantitative estimate of drug-likeness (QED) is 0.773. The van der Waals surface area contributed by atoms with Gasteiger partial charge in [0.15, 0.2) is 0 Å². The number of thioether (sulfide) groups is 1. The summed E-state index contributed by atoms with van der Waals surface area (Å²) < 4.78 is 0. The molecule has 0 saturated carbocycles. The molecule has 0 aliphatic carbocycles. The first-order chi connectivity index (χ1) is 9.60. The molecule has 110 valence electrons. The number of aliphatic carboxylic acids is 1. The molecule has 0 saturated heterocycles. The first-order valence-corrected chi connectivity index (χ1v) is 8.06. The Morgan fingerprint density at radius 3 is 2.45 bits per heavy atom. The van der Waals surface area contributed by atoms with Crippen LogP contribution in [0, 0.1) is 0 Å². The molecule has 0 aliphatic rings. The Balaban J connectivity index is 2.73. The molecule has 5 heteroatoms. The minimum Gasteiger partial charge on any atom is -0.480 e. The van der Waals surface area contributed by atoms with Crippen LogP contribution in [0.1, 0.15) is 31.2 Å². The third-order valence-corrected chi connectivity index (χ3v) is 3.80. The molecule has 0 bridgehead atoms. The maximum absolute atomic E-state index is 12.3. The summed E-state index contributed by atoms with van der Waals surface area (Å²) in [5.41, 5.74) is 0.918. The second kappa shape index (κ2) is 8.64. The number of nitrogens with one attached hydrogen (secondary N) is 1. The van der Waals surface area contributed by atoms with Crippen LogP contribution in [-0.4, -0.2) is 35.0 Å². The fourth-order valence-corrected chi connectivity index (χ4v) is 2.49. The number of carboxylic acid groups (broad SMARTS) is 1. The zero-order chi connectivity index (χ0) is 15.0. The SMILES string of the molecule is CCC(C(=O)N[C@@H](CCSC)C(=O)O)c1ccccc1. The van der Waals surface area contributed by atoms with Crippen molar-refractivity contribution in [2.24, 2.45) is 0 Å². The highest BCUT2D eigenvalue weighted by molar-refractivity contribution is 7.98. The van der Waals surface area contributed by atoms with E-state index < -0.39 is 12.0 Å². The van der Waals surface area contributed by atoms with E-state index in [4.69, 9.17) is 5.11 Å². The largest absolute Gasteiger partial charge is 0.480 e. The predicted molar refractivity (Wildman–Crippen MR) is 82.0 cm³/mol. The number of carboxylic acids is 1. The molecule has 0 aliphatic heterocycles. The number of hydrogen-bond acceptors (Lipinski definition) is 3. The van der Waals surface area contributed by atoms with Crippen molar-refractivity contribution in [2.45, 2.75) is 31.7 Å². The third-order valence-electron chi connectivity index (χ3n) is 3.15. The molecule has 1 aromatic rings. The topological polar surface area (TPSA) is 66.4 Å². The van der Waals surface area contributed by atoms with Gasteiger partial charge in [-0.2, -0.15) is 11.8 Å². The van der Waals surface area contributed by atoms with Gasteiger partial charge in [-0.3, -0.25) is 4.79 Å². The Kier molecular flexibility index (Phi) is 7.15. The van der Waals surface area contributed by atoms with E-state index in [-0.39, 0.29) is 11.8 Å². The molecule has 0 aromatic heterocycles. The molecule has 0 spiro atoms. The lowest BCUT2D eigenvalue weighted by molar-refractivity contribution is -0.142. The van der Waals surface area contributed by atoms with Crippen LogP contribution in [0.15, 0.2) is 30.3 Å². The van der Waals surface area contributed by atoms with Crippen molar-refractivity contribution in [3.05, 3.63) is 35.9 Å². The maximum atomic E-state index is 12.3. The van der Waals surface area contributed by atoms with Crippen molar-refractivity contribution in [1.82, 2.24) is 5.32 Å². The van der Waals surface area contributed by atoms with Gasteiger partial charge in [-0.25, -0.2) is 4.79 Å². The number of benzene rings is 1. The van der Waals surface area contributed by atoms with Crippen molar-refractivity contribution < 1.29 is 14.7 Å². The van der Waals surface area contributed by atoms with Crippen LogP contribution < -0.4 is 5.32 Å². The number of rotatable bonds is 8. The average Bonchev–Trinajstić information content (AvgIpc) is 2.45. The molecule has 4 nitrogen and oxygen atoms in total. The minimum atomic E-state index is -0.977. The molecule has 1 aromatic carbocycles. The number of carbonyl (C=O) groups excluding carboxylic acids is 1. The summed E-state index contributed by atoms with van der Waals surface area (Å²) in [7, 11) is 0. The van der Waals surface area contributed by atoms with E-state index >= 15 is 0 Å². The molecule has 0 radical (unpaired) electrons. The van der Waals surface area contributed by atoms with Crippen LogP contribution in [0.5, 0.6) is 0 Å². The standard InChI is InChI=1S/C15H21NO3S/c1-3-12(11-7-5-4-6-8-11)14(17)16-13(15(18)19)9-10-20-2/h4-8,12-13H,3,9-10H2,1-2H3,(H,16,17)(H,18,19)/t12?,13-/m0/s1. The fraction of sp³-hybridized carbons (Fsp3) is 0.467. The Hall–Kier alpha value is -1.49. The van der Waals surface area contributed by atoms with Crippen molar-refractivity contribution in [3.8, 4) is 0 Å². The minimum absolute atomic E-state index is 0.216. The summed E-state index contributed by atoms with van der Waals surface area (Å²) in [5.74, 6) is -0.783. The van der Waals surface area contributed by atoms with Crippen molar-refractivity contribution in [1.29, 1.82) is 0 Å². The van der Waals surface area contributed by atoms with Gasteiger partial charge >= 0.3 is 5.97 Å². The van der Waals surface area contributed by atoms with Crippen molar-refractivity contribution >= 4 is 23.6 Å². The Labute approximate surface area is 124 Å². The first kappa shape index (κ1) is 16.6. The number of amides is 1. The molecule has 1 rings (SSSR count). The van der Waals surface area contributed by atoms with Gasteiger partial charge < -0.3 is 10.4 Å². The summed E-state index contributed by atoms with van der Waals surface area (Å²) in [6.07, 6.45) is 3.00. The van der Waals surface area contributed by atoms with E-state index in [9.17, 15) is 9.59 Å². The lowest BCUT2D eigenvalue weighted by atomic mass is 9.95. The van der Waals surface area contributed by atoms with Crippen molar-refractivity contribution in [2.75, 3.05) is 12.0 Å². The zero-order valence-electron chi connectivity index (χ0n) is 11.8. The van der Waals surface area contributed by atoms with E-state index in [1.54, 1.807) is 11.8 Å². The number of hydrogen-bond donors (Lipinski definition) is 2. The van der Waals surface area contributed by atoms with Crippen LogP contribution in [0.3, 0.4) is 0 Å². The average molecular weight is 295 g/mol. The third kappa shape index (κ3) is 4.89. The van der Waals surface area contributed by atoms with E-state index in [0.29, 0.717) is 18.6 Å². The predicted octanol–water partition coefficient (Wildman–Crippen LogP) is 2.50. The lowest BCUT2D eigenvalue weighted by Crippen LogP contribution is -2.43. The molecule has 0 fully saturated rings. The van der Waals surface area contributed by atoms with Crippen LogP contribution in [-0.2, 0) is 9.59 Å². The van der Waals surface area contributed by atoms with E-state index in [1.165, 1.54) is 0 Å². The van der Waals surface area contributed by atoms with Crippen LogP contribution >= 0.6 is 11.8 Å². The van der Waals surface area contributed by atoms with E-state index in [2.05, 4.69) is 5.32 Å². The second-order valence-electron chi connectivity index (χ2n) is 4.55. The Morgan fingerprint density at radius 2 is 1.95 bits per heavy atom. The summed E-state index contributed by atoms with van der Waals surface area (Å²) in [5, 5.41) is 11.8. The smallest absolute Gasteiger partial charge is 0.326 e. The van der Waals surface area contributed by atoms with E-state index in [0.717, 1.165) is 5.56 Å². The molecule has 1 unspecified atom stereocenters. The fourth-order valence-electron chi connectivity index (χ4n) is 2.02. The van der Waals surface area contributed by atoms with Gasteiger partial charge in [0.2, 0.25) is 5.91 Å². The molecular formula is C15H21NO3S. The molecule has 2 atom stereocenters. The summed E-state index contributed by atoms with van der Waals surface area (Å²) in [6.45, 7) is 1.93. The second-order valence-corrected chi connectivity index (χ2v) is 5.54. The summed E-state index contributed by atoms with van der Waals surface area (Å²) >= 11 is 1.57. The summed E-state index contributed by atoms with van der Waals surface area (Å²) in [6, 6.07) is 8.64. The molecular weight excluding hydrogens is 274 g/mol. The van der Waals surface area contributed by atoms with Gasteiger partial charge in [-0.15, -0.1) is 0 Å². The van der Waals surface area contributed by atoms with Crippen LogP contribution in [0.4, 0.5) is 0 Å². The van der Waals surface area contributed by atoms with Crippen LogP contribution in [0.2, 0.25) is 0 Å². The van der Waals surface area contributed by atoms with Gasteiger partial charge in [0, 0.05) is 0 Å². The van der Waals surface area contributed by atoms with Gasteiger partial charge in [0.1, 0.15) is 6.04 Å². The molecule has 2 N–H and O–H groups in total. The molecule has 0 heterocycles. The number of carbonyl (C=O) groups is 2. The molecule has 20 heavy (non-hydrogen) atoms. The molecule has 1 amide bonds. The van der Waals surface area contributed by atoms with Crippen LogP contribution in [0.25, 0.3) is 0 Å². The van der Waals surface area contributed by atoms with Crippen molar-refractivity contribution in [3.63, 3.8) is 0 Å².